The van der Waals surface area contributed by atoms with Gasteiger partial charge in [-0.3, -0.25) is 0 Å². The Labute approximate surface area is 115 Å². The third-order valence-corrected chi connectivity index (χ3v) is 3.83. The number of aryl methyl sites for hydroxylation is 4. The van der Waals surface area contributed by atoms with E-state index in [9.17, 15) is 0 Å². The number of nitrogens with zero attached hydrogens (tertiary/aromatic N) is 2. The molecule has 0 aliphatic carbocycles. The van der Waals surface area contributed by atoms with Crippen LogP contribution in [0.4, 0.5) is 0 Å². The molecule has 0 amide bonds. The Morgan fingerprint density at radius 2 is 1.68 bits per heavy atom. The highest BCUT2D eigenvalue weighted by Crippen LogP contribution is 2.29. The lowest BCUT2D eigenvalue weighted by Crippen LogP contribution is -2.07. The molecular weight excluding hydrogens is 234 g/mol. The molecule has 1 N–H and O–H groups in total. The summed E-state index contributed by atoms with van der Waals surface area (Å²) >= 11 is 0. The van der Waals surface area contributed by atoms with Crippen molar-refractivity contribution < 1.29 is 0 Å². The first-order valence-electron chi connectivity index (χ1n) is 6.70. The second-order valence-corrected chi connectivity index (χ2v) is 5.30. The van der Waals surface area contributed by atoms with E-state index in [4.69, 9.17) is 0 Å². The van der Waals surface area contributed by atoms with E-state index in [0.717, 1.165) is 18.1 Å². The predicted molar refractivity (Wildman–Crippen MR) is 80.4 cm³/mol. The molecular formula is C16H23N3. The van der Waals surface area contributed by atoms with Crippen LogP contribution in [0.2, 0.25) is 0 Å². The first kappa shape index (κ1) is 13.8. The minimum Gasteiger partial charge on any atom is -0.331 e. The topological polar surface area (TPSA) is 29.9 Å². The number of imidazole rings is 1. The van der Waals surface area contributed by atoms with Crippen LogP contribution in [0.15, 0.2) is 12.1 Å². The van der Waals surface area contributed by atoms with Crippen LogP contribution in [-0.4, -0.2) is 16.6 Å². The highest BCUT2D eigenvalue weighted by atomic mass is 15.1. The Hall–Kier alpha value is -1.61. The maximum absolute atomic E-state index is 4.67. The van der Waals surface area contributed by atoms with Gasteiger partial charge in [-0.2, -0.15) is 0 Å². The van der Waals surface area contributed by atoms with Crippen LogP contribution in [0, 0.1) is 27.7 Å². The smallest absolute Gasteiger partial charge is 0.106 e. The van der Waals surface area contributed by atoms with Gasteiger partial charge < -0.3 is 9.88 Å². The second kappa shape index (κ2) is 5.17. The van der Waals surface area contributed by atoms with Gasteiger partial charge >= 0.3 is 0 Å². The van der Waals surface area contributed by atoms with Crippen molar-refractivity contribution in [2.45, 2.75) is 34.2 Å². The molecule has 102 valence electrons. The fraction of sp³-hybridized carbons (Fsp3) is 0.438. The van der Waals surface area contributed by atoms with Crippen LogP contribution in [0.5, 0.6) is 0 Å². The Kier molecular flexibility index (Phi) is 3.76. The number of nitrogens with one attached hydrogen (secondary N) is 1. The summed E-state index contributed by atoms with van der Waals surface area (Å²) < 4.78 is 2.18. The number of aromatic nitrogens is 2. The Balaban J connectivity index is 2.67. The maximum Gasteiger partial charge on any atom is 0.106 e. The minimum absolute atomic E-state index is 0.795. The van der Waals surface area contributed by atoms with Crippen LogP contribution in [-0.2, 0) is 13.6 Å². The molecule has 2 rings (SSSR count). The van der Waals surface area contributed by atoms with Gasteiger partial charge in [0.2, 0.25) is 0 Å². The van der Waals surface area contributed by atoms with E-state index in [1.165, 1.54) is 27.9 Å². The molecule has 0 bridgehead atoms. The zero-order valence-corrected chi connectivity index (χ0v) is 12.8. The molecule has 0 unspecified atom stereocenters. The summed E-state index contributed by atoms with van der Waals surface area (Å²) in [7, 11) is 4.05. The summed E-state index contributed by atoms with van der Waals surface area (Å²) in [4.78, 5) is 4.67. The van der Waals surface area contributed by atoms with E-state index >= 15 is 0 Å². The fourth-order valence-electron chi connectivity index (χ4n) is 2.52. The van der Waals surface area contributed by atoms with Crippen molar-refractivity contribution in [2.24, 2.45) is 7.05 Å². The standard InChI is InChI=1S/C16H23N3/c1-10-7-12(3)14(8-11(10)2)16-15(9-17-5)18-13(4)19(16)6/h7-8,17H,9H2,1-6H3. The highest BCUT2D eigenvalue weighted by Gasteiger charge is 2.16. The molecule has 0 saturated heterocycles. The number of hydrogen-bond donors (Lipinski definition) is 1. The molecule has 0 saturated carbocycles. The van der Waals surface area contributed by atoms with E-state index < -0.39 is 0 Å². The average molecular weight is 257 g/mol. The largest absolute Gasteiger partial charge is 0.331 e. The van der Waals surface area contributed by atoms with Gasteiger partial charge in [0.15, 0.2) is 0 Å². The number of benzene rings is 1. The Morgan fingerprint density at radius 3 is 2.32 bits per heavy atom. The number of rotatable bonds is 3. The molecule has 1 aromatic heterocycles. The normalized spacial score (nSPS) is 11.1. The van der Waals surface area contributed by atoms with E-state index in [2.05, 4.69) is 61.7 Å². The summed E-state index contributed by atoms with van der Waals surface area (Å²) in [5.41, 5.74) is 7.62. The first-order chi connectivity index (χ1) is 8.95. The fourth-order valence-corrected chi connectivity index (χ4v) is 2.52. The molecule has 3 nitrogen and oxygen atoms in total. The van der Waals surface area contributed by atoms with Gasteiger partial charge in [-0.1, -0.05) is 6.07 Å². The van der Waals surface area contributed by atoms with Gasteiger partial charge in [-0.25, -0.2) is 4.98 Å². The zero-order chi connectivity index (χ0) is 14.2. The minimum atomic E-state index is 0.795. The van der Waals surface area contributed by atoms with Crippen LogP contribution in [0.3, 0.4) is 0 Å². The van der Waals surface area contributed by atoms with E-state index in [1.54, 1.807) is 0 Å². The van der Waals surface area contributed by atoms with Gasteiger partial charge in [0.05, 0.1) is 11.4 Å². The molecule has 1 aromatic carbocycles. The van der Waals surface area contributed by atoms with Crippen molar-refractivity contribution in [1.29, 1.82) is 0 Å². The van der Waals surface area contributed by atoms with Crippen LogP contribution in [0.1, 0.15) is 28.2 Å². The van der Waals surface area contributed by atoms with Crippen molar-refractivity contribution in [3.05, 3.63) is 40.3 Å². The first-order valence-corrected chi connectivity index (χ1v) is 6.70. The van der Waals surface area contributed by atoms with Gasteiger partial charge in [0, 0.05) is 19.2 Å². The summed E-state index contributed by atoms with van der Waals surface area (Å²) in [5.74, 6) is 1.05. The SMILES string of the molecule is CNCc1nc(C)n(C)c1-c1cc(C)c(C)cc1C. The van der Waals surface area contributed by atoms with Crippen molar-refractivity contribution in [2.75, 3.05) is 7.05 Å². The third kappa shape index (κ3) is 2.43. The molecule has 3 heteroatoms. The summed E-state index contributed by atoms with van der Waals surface area (Å²) in [5, 5.41) is 3.20. The second-order valence-electron chi connectivity index (χ2n) is 5.30. The summed E-state index contributed by atoms with van der Waals surface area (Å²) in [6.07, 6.45) is 0. The molecule has 0 spiro atoms. The molecule has 2 aromatic rings. The highest BCUT2D eigenvalue weighted by molar-refractivity contribution is 5.68. The molecule has 1 heterocycles. The van der Waals surface area contributed by atoms with Crippen molar-refractivity contribution in [3.63, 3.8) is 0 Å². The molecule has 19 heavy (non-hydrogen) atoms. The van der Waals surface area contributed by atoms with Crippen molar-refractivity contribution in [3.8, 4) is 11.3 Å². The van der Waals surface area contributed by atoms with E-state index in [-0.39, 0.29) is 0 Å². The number of hydrogen-bond acceptors (Lipinski definition) is 2. The lowest BCUT2D eigenvalue weighted by Gasteiger charge is -2.13. The zero-order valence-electron chi connectivity index (χ0n) is 12.8. The van der Waals surface area contributed by atoms with Crippen LogP contribution < -0.4 is 5.32 Å². The molecule has 0 aliphatic heterocycles. The van der Waals surface area contributed by atoms with Crippen LogP contribution >= 0.6 is 0 Å². The Morgan fingerprint density at radius 1 is 1.05 bits per heavy atom. The monoisotopic (exact) mass is 257 g/mol. The predicted octanol–water partition coefficient (Wildman–Crippen LogP) is 3.04. The lowest BCUT2D eigenvalue weighted by molar-refractivity contribution is 0.796. The quantitative estimate of drug-likeness (QED) is 0.916. The van der Waals surface area contributed by atoms with E-state index in [0.29, 0.717) is 0 Å². The maximum atomic E-state index is 4.67. The van der Waals surface area contributed by atoms with Gasteiger partial charge in [-0.05, 0) is 57.5 Å². The molecule has 0 fully saturated rings. The van der Waals surface area contributed by atoms with Crippen molar-refractivity contribution >= 4 is 0 Å². The Bertz CT molecular complexity index is 609. The molecule has 0 atom stereocenters. The summed E-state index contributed by atoms with van der Waals surface area (Å²) in [6, 6.07) is 4.54. The summed E-state index contributed by atoms with van der Waals surface area (Å²) in [6.45, 7) is 9.35. The van der Waals surface area contributed by atoms with Crippen molar-refractivity contribution in [1.82, 2.24) is 14.9 Å². The average Bonchev–Trinajstić information content (AvgIpc) is 2.61. The lowest BCUT2D eigenvalue weighted by atomic mass is 9.97. The van der Waals surface area contributed by atoms with Gasteiger partial charge in [-0.15, -0.1) is 0 Å². The van der Waals surface area contributed by atoms with E-state index in [1.807, 2.05) is 7.05 Å². The van der Waals surface area contributed by atoms with Gasteiger partial charge in [0.1, 0.15) is 5.82 Å². The third-order valence-electron chi connectivity index (χ3n) is 3.83. The van der Waals surface area contributed by atoms with Crippen LogP contribution in [0.25, 0.3) is 11.3 Å². The molecule has 0 aliphatic rings. The molecule has 0 radical (unpaired) electrons. The van der Waals surface area contributed by atoms with Gasteiger partial charge in [0.25, 0.3) is 0 Å².